The number of halogens is 2. The fraction of sp³-hybridized carbons (Fsp3) is 0.125. The van der Waals surface area contributed by atoms with Crippen LogP contribution in [0.3, 0.4) is 0 Å². The van der Waals surface area contributed by atoms with Crippen LogP contribution in [0.2, 0.25) is 0 Å². The smallest absolute Gasteiger partial charge is 0.340 e. The highest BCUT2D eigenvalue weighted by Crippen LogP contribution is 2.24. The first-order valence-corrected chi connectivity index (χ1v) is 9.98. The summed E-state index contributed by atoms with van der Waals surface area (Å²) in [5, 5.41) is 33.6. The Morgan fingerprint density at radius 2 is 1.28 bits per heavy atom. The summed E-state index contributed by atoms with van der Waals surface area (Å²) in [4.78, 5) is 21.4. The lowest BCUT2D eigenvalue weighted by atomic mass is 10.2. The molecule has 2 aromatic rings. The minimum Gasteiger partial charge on any atom is -0.506 e. The van der Waals surface area contributed by atoms with Gasteiger partial charge in [-0.1, -0.05) is 12.1 Å². The fourth-order valence-corrected chi connectivity index (χ4v) is 1.58. The molecule has 162 valence electrons. The van der Waals surface area contributed by atoms with E-state index in [2.05, 4.69) is 26.1 Å². The van der Waals surface area contributed by atoms with Gasteiger partial charge >= 0.3 is 11.9 Å². The van der Waals surface area contributed by atoms with Crippen molar-refractivity contribution in [1.29, 1.82) is 0 Å². The van der Waals surface area contributed by atoms with E-state index in [0.29, 0.717) is 0 Å². The van der Waals surface area contributed by atoms with E-state index in [4.69, 9.17) is 36.1 Å². The van der Waals surface area contributed by atoms with Gasteiger partial charge in [-0.05, 0) is 24.3 Å². The van der Waals surface area contributed by atoms with E-state index < -0.39 is 21.2 Å². The third-order valence-electron chi connectivity index (χ3n) is 2.80. The lowest BCUT2D eigenvalue weighted by Crippen LogP contribution is -2.05. The Morgan fingerprint density at radius 3 is 1.59 bits per heavy atom. The molecule has 0 aromatic heterocycles. The lowest BCUT2D eigenvalue weighted by Gasteiger charge is -2.03. The maximum absolute atomic E-state index is 11.0. The molecular formula is C16H20Cl2N2O8S. The Bertz CT molecular complexity index is 833. The van der Waals surface area contributed by atoms with Crippen molar-refractivity contribution in [1.82, 2.24) is 0 Å². The van der Waals surface area contributed by atoms with E-state index in [1.807, 2.05) is 0 Å². The van der Waals surface area contributed by atoms with Crippen LogP contribution in [0.1, 0.15) is 20.7 Å². The number of carboxylic acids is 1. The predicted molar refractivity (Wildman–Crippen MR) is 111 cm³/mol. The number of aliphatic hydroxyl groups is 1. The van der Waals surface area contributed by atoms with Crippen LogP contribution in [0.5, 0.6) is 11.5 Å². The number of aliphatic hydroxyl groups excluding tert-OH is 1. The number of methoxy groups -OCH3 is 1. The molecule has 0 amide bonds. The molecule has 0 unspecified atom stereocenters. The topological polar surface area (TPSA) is 193 Å². The van der Waals surface area contributed by atoms with Crippen molar-refractivity contribution < 1.29 is 39.0 Å². The van der Waals surface area contributed by atoms with Crippen LogP contribution < -0.4 is 11.5 Å². The van der Waals surface area contributed by atoms with E-state index in [1.54, 1.807) is 0 Å². The molecule has 29 heavy (non-hydrogen) atoms. The molecule has 0 atom stereocenters. The van der Waals surface area contributed by atoms with Crippen molar-refractivity contribution in [2.75, 3.05) is 25.7 Å². The van der Waals surface area contributed by atoms with Gasteiger partial charge in [0.15, 0.2) is 0 Å². The molecule has 2 aromatic carbocycles. The zero-order chi connectivity index (χ0) is 23.1. The third-order valence-corrected chi connectivity index (χ3v) is 2.80. The van der Waals surface area contributed by atoms with Gasteiger partial charge in [0.1, 0.15) is 11.5 Å². The van der Waals surface area contributed by atoms with Crippen molar-refractivity contribution in [2.45, 2.75) is 0 Å². The molecule has 0 spiro atoms. The largest absolute Gasteiger partial charge is 0.506 e. The minimum atomic E-state index is -1.67. The summed E-state index contributed by atoms with van der Waals surface area (Å²) in [6, 6.07) is 8.51. The molecule has 0 bridgehead atoms. The number of carbonyl (C=O) groups is 2. The van der Waals surface area contributed by atoms with E-state index in [-0.39, 0.29) is 34.0 Å². The van der Waals surface area contributed by atoms with Crippen LogP contribution in [0, 0.1) is 0 Å². The highest BCUT2D eigenvalue weighted by Gasteiger charge is 2.11. The molecule has 0 aliphatic heterocycles. The van der Waals surface area contributed by atoms with Crippen LogP contribution >= 0.6 is 21.4 Å². The second kappa shape index (κ2) is 15.2. The van der Waals surface area contributed by atoms with Gasteiger partial charge in [-0.15, -0.1) is 0 Å². The number of carboxylic acid groups (broad SMARTS) is 1. The Kier molecular flexibility index (Phi) is 14.9. The number of esters is 1. The van der Waals surface area contributed by atoms with Gasteiger partial charge in [0.25, 0.3) is 0 Å². The molecule has 0 saturated carbocycles. The quantitative estimate of drug-likeness (QED) is 0.163. The van der Waals surface area contributed by atoms with Crippen LogP contribution in [-0.2, 0) is 14.0 Å². The summed E-state index contributed by atoms with van der Waals surface area (Å²) in [7, 11) is 9.61. The van der Waals surface area contributed by atoms with Crippen molar-refractivity contribution in [3.05, 3.63) is 47.5 Å². The van der Waals surface area contributed by atoms with E-state index in [9.17, 15) is 9.59 Å². The zero-order valence-electron chi connectivity index (χ0n) is 15.2. The first kappa shape index (κ1) is 28.5. The van der Waals surface area contributed by atoms with Gasteiger partial charge in [-0.3, -0.25) is 0 Å². The summed E-state index contributed by atoms with van der Waals surface area (Å²) in [5.41, 5.74) is 10.7. The summed E-state index contributed by atoms with van der Waals surface area (Å²) in [6.45, 7) is 0. The molecule has 0 fully saturated rings. The number of nitrogen functional groups attached to an aromatic ring is 2. The number of benzene rings is 2. The van der Waals surface area contributed by atoms with Crippen LogP contribution in [-0.4, -0.2) is 50.8 Å². The molecule has 13 heteroatoms. The SMILES string of the molecule is CO.COC(=O)c1cccc(O)c1N.Nc1c(O)cccc1C(=O)O.O=S(Cl)Cl. The molecule has 0 radical (unpaired) electrons. The third kappa shape index (κ3) is 11.0. The first-order chi connectivity index (χ1) is 13.5. The summed E-state index contributed by atoms with van der Waals surface area (Å²) < 4.78 is 13.5. The average molecular weight is 471 g/mol. The van der Waals surface area contributed by atoms with Gasteiger partial charge < -0.3 is 36.6 Å². The maximum Gasteiger partial charge on any atom is 0.340 e. The summed E-state index contributed by atoms with van der Waals surface area (Å²) >= 11 is 0. The predicted octanol–water partition coefficient (Wildman–Crippen LogP) is 2.08. The highest BCUT2D eigenvalue weighted by atomic mass is 36.0. The second-order valence-corrected chi connectivity index (χ2v) is 6.98. The number of aromatic hydroxyl groups is 2. The van der Waals surface area contributed by atoms with Crippen molar-refractivity contribution in [3.63, 3.8) is 0 Å². The van der Waals surface area contributed by atoms with Crippen molar-refractivity contribution >= 4 is 53.9 Å². The van der Waals surface area contributed by atoms with Crippen LogP contribution in [0.25, 0.3) is 0 Å². The fourth-order valence-electron chi connectivity index (χ4n) is 1.58. The zero-order valence-corrected chi connectivity index (χ0v) is 17.5. The summed E-state index contributed by atoms with van der Waals surface area (Å²) in [6.07, 6.45) is 0. The van der Waals surface area contributed by atoms with Gasteiger partial charge in [-0.2, -0.15) is 0 Å². The standard InChI is InChI=1S/C8H9NO3.C7H7NO3.CH4O.Cl2OS/c1-12-8(11)5-3-2-4-6(10)7(5)9;8-6-4(7(10)11)2-1-3-5(6)9;1-2;1-4(2)3/h2-4,10H,9H2,1H3;1-3,9H,8H2,(H,10,11);2H,1H3;. The number of anilines is 2. The highest BCUT2D eigenvalue weighted by molar-refractivity contribution is 8.26. The number of nitrogens with two attached hydrogens (primary N) is 2. The minimum absolute atomic E-state index is 0.0457. The monoisotopic (exact) mass is 470 g/mol. The molecule has 8 N–H and O–H groups in total. The van der Waals surface area contributed by atoms with Gasteiger partial charge in [-0.25, -0.2) is 13.8 Å². The van der Waals surface area contributed by atoms with Crippen LogP contribution in [0.4, 0.5) is 11.4 Å². The molecule has 0 heterocycles. The number of rotatable bonds is 2. The Morgan fingerprint density at radius 1 is 0.931 bits per heavy atom. The van der Waals surface area contributed by atoms with Crippen LogP contribution in [0.15, 0.2) is 36.4 Å². The van der Waals surface area contributed by atoms with Gasteiger partial charge in [0.05, 0.1) is 29.6 Å². The maximum atomic E-state index is 11.0. The number of carbonyl (C=O) groups excluding carboxylic acids is 1. The number of phenolic OH excluding ortho intramolecular Hbond substituents is 2. The number of ether oxygens (including phenoxy) is 1. The normalized spacial score (nSPS) is 8.90. The van der Waals surface area contributed by atoms with Gasteiger partial charge in [0.2, 0.25) is 9.23 Å². The number of hydrogen-bond donors (Lipinski definition) is 6. The van der Waals surface area contributed by atoms with E-state index in [1.165, 1.54) is 43.5 Å². The number of phenols is 2. The van der Waals surface area contributed by atoms with Gasteiger partial charge in [0, 0.05) is 28.5 Å². The lowest BCUT2D eigenvalue weighted by molar-refractivity contribution is 0.0600. The number of aromatic carboxylic acids is 1. The molecule has 10 nitrogen and oxygen atoms in total. The second-order valence-electron chi connectivity index (χ2n) is 4.46. The molecule has 0 aliphatic rings. The van der Waals surface area contributed by atoms with E-state index >= 15 is 0 Å². The Balaban J connectivity index is 0. The first-order valence-electron chi connectivity index (χ1n) is 7.18. The number of hydrogen-bond acceptors (Lipinski definition) is 9. The average Bonchev–Trinajstić information content (AvgIpc) is 2.67. The molecule has 2 rings (SSSR count). The van der Waals surface area contributed by atoms with E-state index in [0.717, 1.165) is 7.11 Å². The molecule has 0 saturated heterocycles. The Hall–Kier alpha value is -2.73. The number of para-hydroxylation sites is 2. The van der Waals surface area contributed by atoms with Crippen molar-refractivity contribution in [3.8, 4) is 11.5 Å². The Labute approximate surface area is 177 Å². The van der Waals surface area contributed by atoms with Crippen molar-refractivity contribution in [2.24, 2.45) is 0 Å². The molecule has 0 aliphatic carbocycles. The molecular weight excluding hydrogens is 451 g/mol. The summed E-state index contributed by atoms with van der Waals surface area (Å²) in [5.74, 6) is -2.01.